The maximum Gasteiger partial charge on any atom is 0.00232 e. The van der Waals surface area contributed by atoms with E-state index in [0.29, 0.717) is 0 Å². The monoisotopic (exact) mass is 400 g/mol. The van der Waals surface area contributed by atoms with E-state index < -0.39 is 0 Å². The second-order valence-corrected chi connectivity index (χ2v) is 8.40. The van der Waals surface area contributed by atoms with Gasteiger partial charge >= 0.3 is 0 Å². The van der Waals surface area contributed by atoms with Crippen LogP contribution in [0.5, 0.6) is 0 Å². The smallest absolute Gasteiger partial charge is 0.00232 e. The van der Waals surface area contributed by atoms with Gasteiger partial charge in [0.2, 0.25) is 0 Å². The van der Waals surface area contributed by atoms with Gasteiger partial charge in [-0.2, -0.15) is 0 Å². The summed E-state index contributed by atoms with van der Waals surface area (Å²) in [6.07, 6.45) is 4.78. The lowest BCUT2D eigenvalue weighted by atomic mass is 9.82. The molecule has 0 unspecified atom stereocenters. The van der Waals surface area contributed by atoms with Gasteiger partial charge in [0, 0.05) is 5.41 Å². The highest BCUT2D eigenvalue weighted by molar-refractivity contribution is 5.83. The molecule has 0 aliphatic heterocycles. The molecule has 0 atom stereocenters. The standard InChI is InChI=1S/C31H28/c1-31(2,23-29(25-15-7-3-8-16-25)26-17-9-4-10-18-26)24-30(27-19-11-5-12-20-27)28-21-13-6-14-22-28/h3-24H,1-2H3. The van der Waals surface area contributed by atoms with E-state index in [4.69, 9.17) is 0 Å². The Hall–Kier alpha value is -3.64. The summed E-state index contributed by atoms with van der Waals surface area (Å²) in [5, 5.41) is 0. The summed E-state index contributed by atoms with van der Waals surface area (Å²) in [6, 6.07) is 42.6. The molecule has 31 heavy (non-hydrogen) atoms. The third-order valence-corrected chi connectivity index (χ3v) is 5.37. The van der Waals surface area contributed by atoms with Crippen LogP contribution in [-0.2, 0) is 0 Å². The highest BCUT2D eigenvalue weighted by Gasteiger charge is 2.18. The third kappa shape index (κ3) is 5.29. The zero-order valence-electron chi connectivity index (χ0n) is 18.2. The molecule has 0 saturated heterocycles. The van der Waals surface area contributed by atoms with Crippen LogP contribution in [-0.4, -0.2) is 0 Å². The highest BCUT2D eigenvalue weighted by atomic mass is 14.2. The zero-order valence-corrected chi connectivity index (χ0v) is 18.2. The molecule has 0 radical (unpaired) electrons. The van der Waals surface area contributed by atoms with E-state index in [0.717, 1.165) is 0 Å². The van der Waals surface area contributed by atoms with Crippen molar-refractivity contribution in [3.63, 3.8) is 0 Å². The molecule has 0 aliphatic rings. The van der Waals surface area contributed by atoms with Crippen LogP contribution in [0.1, 0.15) is 36.1 Å². The minimum absolute atomic E-state index is 0.165. The molecule has 0 heteroatoms. The lowest BCUT2D eigenvalue weighted by molar-refractivity contribution is 0.629. The van der Waals surface area contributed by atoms with Crippen molar-refractivity contribution in [1.82, 2.24) is 0 Å². The van der Waals surface area contributed by atoms with Crippen molar-refractivity contribution in [1.29, 1.82) is 0 Å². The summed E-state index contributed by atoms with van der Waals surface area (Å²) < 4.78 is 0. The van der Waals surface area contributed by atoms with Crippen molar-refractivity contribution in [3.8, 4) is 0 Å². The number of allylic oxidation sites excluding steroid dienone is 2. The van der Waals surface area contributed by atoms with Crippen LogP contribution >= 0.6 is 0 Å². The van der Waals surface area contributed by atoms with Crippen molar-refractivity contribution in [2.24, 2.45) is 5.41 Å². The molecular weight excluding hydrogens is 372 g/mol. The molecule has 0 saturated carbocycles. The van der Waals surface area contributed by atoms with E-state index in [1.807, 2.05) is 0 Å². The molecule has 0 fully saturated rings. The molecule has 0 nitrogen and oxygen atoms in total. The fourth-order valence-corrected chi connectivity index (χ4v) is 3.92. The van der Waals surface area contributed by atoms with Crippen LogP contribution in [0.25, 0.3) is 11.1 Å². The number of rotatable bonds is 6. The Kier molecular flexibility index (Phi) is 6.29. The van der Waals surface area contributed by atoms with Gasteiger partial charge in [0.1, 0.15) is 0 Å². The summed E-state index contributed by atoms with van der Waals surface area (Å²) in [4.78, 5) is 0. The normalized spacial score (nSPS) is 10.9. The Morgan fingerprint density at radius 3 is 0.871 bits per heavy atom. The predicted molar refractivity (Wildman–Crippen MR) is 134 cm³/mol. The summed E-state index contributed by atoms with van der Waals surface area (Å²) in [5.41, 5.74) is 7.27. The lowest BCUT2D eigenvalue weighted by Gasteiger charge is -2.22. The van der Waals surface area contributed by atoms with E-state index in [2.05, 4.69) is 147 Å². The molecule has 4 aromatic rings. The molecule has 152 valence electrons. The summed E-state index contributed by atoms with van der Waals surface area (Å²) >= 11 is 0. The van der Waals surface area contributed by atoms with Crippen molar-refractivity contribution in [3.05, 3.63) is 156 Å². The van der Waals surface area contributed by atoms with Gasteiger partial charge in [-0.3, -0.25) is 0 Å². The molecule has 4 aromatic carbocycles. The predicted octanol–water partition coefficient (Wildman–Crippen LogP) is 8.28. The van der Waals surface area contributed by atoms with Crippen molar-refractivity contribution in [2.75, 3.05) is 0 Å². The Labute approximate surface area is 186 Å². The fraction of sp³-hybridized carbons (Fsp3) is 0.0968. The first kappa shape index (κ1) is 20.6. The minimum atomic E-state index is -0.165. The minimum Gasteiger partial charge on any atom is -0.0666 e. The number of hydrogen-bond donors (Lipinski definition) is 0. The molecule has 4 rings (SSSR count). The molecule has 0 amide bonds. The average molecular weight is 401 g/mol. The van der Waals surface area contributed by atoms with Crippen molar-refractivity contribution in [2.45, 2.75) is 13.8 Å². The molecule has 0 aromatic heterocycles. The van der Waals surface area contributed by atoms with Crippen LogP contribution < -0.4 is 0 Å². The first-order chi connectivity index (χ1) is 15.1. The van der Waals surface area contributed by atoms with E-state index in [9.17, 15) is 0 Å². The topological polar surface area (TPSA) is 0 Å². The number of benzene rings is 4. The highest BCUT2D eigenvalue weighted by Crippen LogP contribution is 2.34. The van der Waals surface area contributed by atoms with Crippen LogP contribution in [0.4, 0.5) is 0 Å². The first-order valence-corrected chi connectivity index (χ1v) is 10.8. The fourth-order valence-electron chi connectivity index (χ4n) is 3.92. The third-order valence-electron chi connectivity index (χ3n) is 5.37. The van der Waals surface area contributed by atoms with E-state index in [1.54, 1.807) is 0 Å². The Bertz CT molecular complexity index is 972. The van der Waals surface area contributed by atoms with Gasteiger partial charge in [-0.05, 0) is 33.4 Å². The van der Waals surface area contributed by atoms with E-state index in [1.165, 1.54) is 33.4 Å². The summed E-state index contributed by atoms with van der Waals surface area (Å²) in [6.45, 7) is 4.56. The summed E-state index contributed by atoms with van der Waals surface area (Å²) in [5.74, 6) is 0. The van der Waals surface area contributed by atoms with Gasteiger partial charge in [0.25, 0.3) is 0 Å². The van der Waals surface area contributed by atoms with Crippen molar-refractivity contribution >= 4 is 11.1 Å². The quantitative estimate of drug-likeness (QED) is 0.305. The molecule has 0 bridgehead atoms. The maximum absolute atomic E-state index is 2.39. The van der Waals surface area contributed by atoms with Gasteiger partial charge < -0.3 is 0 Å². The van der Waals surface area contributed by atoms with Gasteiger partial charge in [0.15, 0.2) is 0 Å². The lowest BCUT2D eigenvalue weighted by Crippen LogP contribution is -2.07. The Morgan fingerprint density at radius 1 is 0.419 bits per heavy atom. The molecular formula is C31H28. The van der Waals surface area contributed by atoms with Gasteiger partial charge in [-0.25, -0.2) is 0 Å². The zero-order chi connectivity index (χ0) is 21.5. The van der Waals surface area contributed by atoms with E-state index in [-0.39, 0.29) is 5.41 Å². The maximum atomic E-state index is 2.39. The van der Waals surface area contributed by atoms with Gasteiger partial charge in [0.05, 0.1) is 0 Å². The molecule has 0 aliphatic carbocycles. The largest absolute Gasteiger partial charge is 0.0666 e. The molecule has 0 heterocycles. The second kappa shape index (κ2) is 9.45. The van der Waals surface area contributed by atoms with Gasteiger partial charge in [-0.1, -0.05) is 147 Å². The second-order valence-electron chi connectivity index (χ2n) is 8.40. The Balaban J connectivity index is 1.85. The number of hydrogen-bond acceptors (Lipinski definition) is 0. The SMILES string of the molecule is CC(C)(C=C(c1ccccc1)c1ccccc1)C=C(c1ccccc1)c1ccccc1. The molecule has 0 N–H and O–H groups in total. The van der Waals surface area contributed by atoms with Crippen molar-refractivity contribution < 1.29 is 0 Å². The van der Waals surface area contributed by atoms with Crippen LogP contribution in [0.3, 0.4) is 0 Å². The summed E-state index contributed by atoms with van der Waals surface area (Å²) in [7, 11) is 0. The average Bonchev–Trinajstić information content (AvgIpc) is 2.83. The van der Waals surface area contributed by atoms with Gasteiger partial charge in [-0.15, -0.1) is 0 Å². The van der Waals surface area contributed by atoms with Crippen LogP contribution in [0, 0.1) is 5.41 Å². The van der Waals surface area contributed by atoms with E-state index >= 15 is 0 Å². The van der Waals surface area contributed by atoms with Crippen LogP contribution in [0.15, 0.2) is 133 Å². The molecule has 0 spiro atoms. The van der Waals surface area contributed by atoms with Crippen LogP contribution in [0.2, 0.25) is 0 Å². The first-order valence-electron chi connectivity index (χ1n) is 10.8. The Morgan fingerprint density at radius 2 is 0.645 bits per heavy atom.